The summed E-state index contributed by atoms with van der Waals surface area (Å²) in [4.78, 5) is 9.18. The van der Waals surface area contributed by atoms with Crippen molar-refractivity contribution in [2.45, 2.75) is 29.1 Å². The number of halogens is 1. The van der Waals surface area contributed by atoms with Crippen LogP contribution < -0.4 is 5.73 Å². The predicted molar refractivity (Wildman–Crippen MR) is 87.2 cm³/mol. The van der Waals surface area contributed by atoms with Gasteiger partial charge >= 0.3 is 0 Å². The van der Waals surface area contributed by atoms with E-state index in [1.807, 2.05) is 11.4 Å². The van der Waals surface area contributed by atoms with Gasteiger partial charge in [0.05, 0.1) is 4.88 Å². The van der Waals surface area contributed by atoms with Crippen LogP contribution in [0.2, 0.25) is 5.15 Å². The van der Waals surface area contributed by atoms with E-state index in [0.29, 0.717) is 16.2 Å². The van der Waals surface area contributed by atoms with Gasteiger partial charge in [0, 0.05) is 12.1 Å². The maximum Gasteiger partial charge on any atom is 0.222 e. The molecule has 2 N–H and O–H groups in total. The van der Waals surface area contributed by atoms with Crippen LogP contribution >= 0.6 is 34.7 Å². The molecule has 0 bridgehead atoms. The van der Waals surface area contributed by atoms with Crippen LogP contribution in [-0.2, 0) is 0 Å². The molecule has 1 aliphatic rings. The molecule has 22 heavy (non-hydrogen) atoms. The van der Waals surface area contributed by atoms with Crippen LogP contribution in [0.15, 0.2) is 33.8 Å². The average Bonchev–Trinajstić information content (AvgIpc) is 2.99. The lowest BCUT2D eigenvalue weighted by Crippen LogP contribution is -2.00. The van der Waals surface area contributed by atoms with Gasteiger partial charge in [-0.05, 0) is 36.0 Å². The monoisotopic (exact) mass is 350 g/mol. The van der Waals surface area contributed by atoms with Gasteiger partial charge in [0.2, 0.25) is 5.95 Å². The Morgan fingerprint density at radius 1 is 1.32 bits per heavy atom. The molecule has 112 valence electrons. The van der Waals surface area contributed by atoms with Gasteiger partial charge in [0.15, 0.2) is 11.0 Å². The Labute approximate surface area is 139 Å². The molecule has 3 aromatic rings. The fourth-order valence-electron chi connectivity index (χ4n) is 2.14. The number of hydrogen-bond donors (Lipinski definition) is 1. The van der Waals surface area contributed by atoms with E-state index in [0.717, 1.165) is 28.7 Å². The number of nitrogens with two attached hydrogens (primary N) is 1. The topological polar surface area (TPSA) is 82.5 Å². The van der Waals surface area contributed by atoms with Crippen LogP contribution in [0.3, 0.4) is 0 Å². The summed E-state index contributed by atoms with van der Waals surface area (Å²) < 4.78 is 2.18. The Bertz CT molecular complexity index is 792. The maximum atomic E-state index is 5.93. The predicted octanol–water partition coefficient (Wildman–Crippen LogP) is 3.52. The molecule has 6 nitrogen and oxygen atoms in total. The van der Waals surface area contributed by atoms with E-state index >= 15 is 0 Å². The van der Waals surface area contributed by atoms with Crippen molar-refractivity contribution in [1.29, 1.82) is 0 Å². The lowest BCUT2D eigenvalue weighted by molar-refractivity contribution is 0.669. The molecule has 0 spiro atoms. The number of hydrogen-bond acceptors (Lipinski definition) is 7. The molecule has 0 saturated heterocycles. The van der Waals surface area contributed by atoms with E-state index in [2.05, 4.69) is 30.8 Å². The Hall–Kier alpha value is -1.64. The lowest BCUT2D eigenvalue weighted by atomic mass is 10.4. The molecule has 3 aromatic heterocycles. The molecule has 1 aliphatic carbocycles. The Kier molecular flexibility index (Phi) is 3.51. The van der Waals surface area contributed by atoms with Gasteiger partial charge in [0.1, 0.15) is 10.2 Å². The van der Waals surface area contributed by atoms with E-state index < -0.39 is 0 Å². The molecule has 0 aliphatic heterocycles. The van der Waals surface area contributed by atoms with Crippen molar-refractivity contribution in [3.05, 3.63) is 28.7 Å². The first kappa shape index (κ1) is 14.0. The van der Waals surface area contributed by atoms with Crippen LogP contribution in [0.1, 0.15) is 18.9 Å². The van der Waals surface area contributed by atoms with E-state index in [9.17, 15) is 0 Å². The second-order valence-corrected chi connectivity index (χ2v) is 7.20. The maximum absolute atomic E-state index is 5.93. The number of aromatic nitrogens is 5. The zero-order valence-electron chi connectivity index (χ0n) is 11.3. The highest BCUT2D eigenvalue weighted by Crippen LogP contribution is 2.42. The molecule has 0 atom stereocenters. The summed E-state index contributed by atoms with van der Waals surface area (Å²) in [5.41, 5.74) is 5.64. The third-order valence-corrected chi connectivity index (χ3v) is 5.14. The van der Waals surface area contributed by atoms with E-state index in [-0.39, 0.29) is 5.95 Å². The SMILES string of the molecule is Nc1nc(Cl)cc(Sc2nnc(-c3cccs3)n2C2CC2)n1. The minimum atomic E-state index is 0.158. The number of anilines is 1. The van der Waals surface area contributed by atoms with Gasteiger partial charge in [-0.2, -0.15) is 0 Å². The zero-order valence-corrected chi connectivity index (χ0v) is 13.7. The first-order valence-electron chi connectivity index (χ1n) is 6.67. The molecule has 1 fully saturated rings. The number of thiophene rings is 1. The molecule has 9 heteroatoms. The van der Waals surface area contributed by atoms with Crippen molar-refractivity contribution < 1.29 is 0 Å². The van der Waals surface area contributed by atoms with Crippen LogP contribution in [0.4, 0.5) is 5.95 Å². The van der Waals surface area contributed by atoms with Crippen LogP contribution in [-0.4, -0.2) is 24.7 Å². The highest BCUT2D eigenvalue weighted by molar-refractivity contribution is 7.99. The molecule has 4 rings (SSSR count). The fourth-order valence-corrected chi connectivity index (χ4v) is 4.01. The first-order valence-corrected chi connectivity index (χ1v) is 8.75. The van der Waals surface area contributed by atoms with Crippen molar-refractivity contribution in [3.8, 4) is 10.7 Å². The largest absolute Gasteiger partial charge is 0.368 e. The summed E-state index contributed by atoms with van der Waals surface area (Å²) in [6.45, 7) is 0. The van der Waals surface area contributed by atoms with Crippen molar-refractivity contribution >= 4 is 40.6 Å². The number of rotatable bonds is 4. The third-order valence-electron chi connectivity index (χ3n) is 3.20. The van der Waals surface area contributed by atoms with Gasteiger partial charge in [-0.25, -0.2) is 9.97 Å². The lowest BCUT2D eigenvalue weighted by Gasteiger charge is -2.07. The Morgan fingerprint density at radius 3 is 2.86 bits per heavy atom. The summed E-state index contributed by atoms with van der Waals surface area (Å²) in [5, 5.41) is 12.5. The molecule has 0 amide bonds. The summed E-state index contributed by atoms with van der Waals surface area (Å²) in [5.74, 6) is 1.07. The quantitative estimate of drug-likeness (QED) is 0.725. The summed E-state index contributed by atoms with van der Waals surface area (Å²) >= 11 is 9.00. The highest BCUT2D eigenvalue weighted by Gasteiger charge is 2.30. The number of nitrogens with zero attached hydrogens (tertiary/aromatic N) is 5. The van der Waals surface area contributed by atoms with Gasteiger partial charge in [0.25, 0.3) is 0 Å². The third kappa shape index (κ3) is 2.69. The molecule has 0 radical (unpaired) electrons. The Balaban J connectivity index is 1.73. The van der Waals surface area contributed by atoms with Gasteiger partial charge in [-0.15, -0.1) is 21.5 Å². The Morgan fingerprint density at radius 2 is 2.18 bits per heavy atom. The van der Waals surface area contributed by atoms with Crippen LogP contribution in [0, 0.1) is 0 Å². The van der Waals surface area contributed by atoms with Crippen molar-refractivity contribution in [2.75, 3.05) is 5.73 Å². The molecule has 0 aromatic carbocycles. The normalized spacial score (nSPS) is 14.4. The number of nitrogen functional groups attached to an aromatic ring is 1. The van der Waals surface area contributed by atoms with Crippen molar-refractivity contribution in [2.24, 2.45) is 0 Å². The van der Waals surface area contributed by atoms with Crippen LogP contribution in [0.5, 0.6) is 0 Å². The van der Waals surface area contributed by atoms with Crippen molar-refractivity contribution in [3.63, 3.8) is 0 Å². The smallest absolute Gasteiger partial charge is 0.222 e. The molecular formula is C13H11ClN6S2. The average molecular weight is 351 g/mol. The fraction of sp³-hybridized carbons (Fsp3) is 0.231. The highest BCUT2D eigenvalue weighted by atomic mass is 35.5. The second-order valence-electron chi connectivity index (χ2n) is 4.87. The summed E-state index contributed by atoms with van der Waals surface area (Å²) in [6.07, 6.45) is 2.30. The minimum Gasteiger partial charge on any atom is -0.368 e. The van der Waals surface area contributed by atoms with Gasteiger partial charge in [-0.3, -0.25) is 4.57 Å². The van der Waals surface area contributed by atoms with E-state index in [1.54, 1.807) is 17.4 Å². The standard InChI is InChI=1S/C13H11ClN6S2/c14-9-6-10(17-12(15)16-9)22-13-19-18-11(8-2-1-5-21-8)20(13)7-3-4-7/h1-2,5-7H,3-4H2,(H2,15,16,17). The van der Waals surface area contributed by atoms with Crippen LogP contribution in [0.25, 0.3) is 10.7 Å². The van der Waals surface area contributed by atoms with E-state index in [4.69, 9.17) is 17.3 Å². The summed E-state index contributed by atoms with van der Waals surface area (Å²) in [6, 6.07) is 6.22. The van der Waals surface area contributed by atoms with E-state index in [1.165, 1.54) is 11.8 Å². The zero-order chi connectivity index (χ0) is 15.1. The summed E-state index contributed by atoms with van der Waals surface area (Å²) in [7, 11) is 0. The van der Waals surface area contributed by atoms with Gasteiger partial charge < -0.3 is 5.73 Å². The molecule has 1 saturated carbocycles. The molecular weight excluding hydrogens is 340 g/mol. The second kappa shape index (κ2) is 5.53. The minimum absolute atomic E-state index is 0.158. The molecule has 0 unspecified atom stereocenters. The molecule has 3 heterocycles. The van der Waals surface area contributed by atoms with Crippen molar-refractivity contribution in [1.82, 2.24) is 24.7 Å². The first-order chi connectivity index (χ1) is 10.7. The van der Waals surface area contributed by atoms with Gasteiger partial charge in [-0.1, -0.05) is 17.7 Å².